The fraction of sp³-hybridized carbons (Fsp3) is 0.647. The Hall–Kier alpha value is -1.26. The third-order valence-electron chi connectivity index (χ3n) is 4.38. The Morgan fingerprint density at radius 1 is 1.29 bits per heavy atom. The quantitative estimate of drug-likeness (QED) is 0.781. The SMILES string of the molecule is CC(C)NCC1CCCN(C(C)c2ccc(O)cc2O)C1. The van der Waals surface area contributed by atoms with Crippen LogP contribution in [0, 0.1) is 5.92 Å². The normalized spacial score (nSPS) is 21.6. The molecule has 1 aromatic rings. The number of phenols is 2. The third kappa shape index (κ3) is 4.35. The maximum atomic E-state index is 10.0. The highest BCUT2D eigenvalue weighted by Crippen LogP contribution is 2.33. The molecule has 1 aromatic carbocycles. The van der Waals surface area contributed by atoms with E-state index in [2.05, 4.69) is 31.0 Å². The second-order valence-electron chi connectivity index (χ2n) is 6.49. The van der Waals surface area contributed by atoms with Crippen molar-refractivity contribution in [2.24, 2.45) is 5.92 Å². The number of nitrogens with one attached hydrogen (secondary N) is 1. The highest BCUT2D eigenvalue weighted by molar-refractivity contribution is 5.40. The van der Waals surface area contributed by atoms with Gasteiger partial charge in [0.05, 0.1) is 0 Å². The molecule has 3 N–H and O–H groups in total. The lowest BCUT2D eigenvalue weighted by Gasteiger charge is -2.37. The number of hydrogen-bond donors (Lipinski definition) is 3. The largest absolute Gasteiger partial charge is 0.508 e. The Bertz CT molecular complexity index is 462. The molecular formula is C17H28N2O2. The van der Waals surface area contributed by atoms with Gasteiger partial charge in [0.2, 0.25) is 0 Å². The van der Waals surface area contributed by atoms with Gasteiger partial charge in [-0.05, 0) is 44.8 Å². The van der Waals surface area contributed by atoms with E-state index in [0.717, 1.165) is 25.2 Å². The Kier molecular flexibility index (Phi) is 5.48. The summed E-state index contributed by atoms with van der Waals surface area (Å²) in [7, 11) is 0. The molecule has 0 bridgehead atoms. The molecule has 0 amide bonds. The van der Waals surface area contributed by atoms with Crippen molar-refractivity contribution in [2.75, 3.05) is 19.6 Å². The van der Waals surface area contributed by atoms with Gasteiger partial charge >= 0.3 is 0 Å². The van der Waals surface area contributed by atoms with Crippen molar-refractivity contribution in [1.29, 1.82) is 0 Å². The first-order valence-electron chi connectivity index (χ1n) is 7.96. The summed E-state index contributed by atoms with van der Waals surface area (Å²) in [5.74, 6) is 0.967. The Morgan fingerprint density at radius 2 is 2.05 bits per heavy atom. The lowest BCUT2D eigenvalue weighted by Crippen LogP contribution is -2.42. The van der Waals surface area contributed by atoms with E-state index in [4.69, 9.17) is 0 Å². The number of aromatic hydroxyl groups is 2. The van der Waals surface area contributed by atoms with Gasteiger partial charge < -0.3 is 15.5 Å². The molecule has 1 saturated heterocycles. The van der Waals surface area contributed by atoms with E-state index in [9.17, 15) is 10.2 Å². The standard InChI is InChI=1S/C17H28N2O2/c1-12(2)18-10-14-5-4-8-19(11-14)13(3)16-7-6-15(20)9-17(16)21/h6-7,9,12-14,18,20-21H,4-5,8,10-11H2,1-3H3. The Labute approximate surface area is 127 Å². The summed E-state index contributed by atoms with van der Waals surface area (Å²) >= 11 is 0. The van der Waals surface area contributed by atoms with Crippen LogP contribution in [0.15, 0.2) is 18.2 Å². The van der Waals surface area contributed by atoms with Crippen LogP contribution in [-0.2, 0) is 0 Å². The van der Waals surface area contributed by atoms with Gasteiger partial charge in [0, 0.05) is 30.3 Å². The third-order valence-corrected chi connectivity index (χ3v) is 4.38. The van der Waals surface area contributed by atoms with Crippen molar-refractivity contribution in [1.82, 2.24) is 10.2 Å². The number of rotatable bonds is 5. The lowest BCUT2D eigenvalue weighted by atomic mass is 9.94. The van der Waals surface area contributed by atoms with E-state index < -0.39 is 0 Å². The summed E-state index contributed by atoms with van der Waals surface area (Å²) < 4.78 is 0. The molecule has 21 heavy (non-hydrogen) atoms. The van der Waals surface area contributed by atoms with E-state index in [1.165, 1.54) is 18.9 Å². The predicted octanol–water partition coefficient (Wildman–Crippen LogP) is 2.87. The van der Waals surface area contributed by atoms with Crippen LogP contribution < -0.4 is 5.32 Å². The van der Waals surface area contributed by atoms with Crippen LogP contribution in [0.5, 0.6) is 11.5 Å². The van der Waals surface area contributed by atoms with Gasteiger partial charge in [-0.3, -0.25) is 4.90 Å². The summed E-state index contributed by atoms with van der Waals surface area (Å²) in [5.41, 5.74) is 0.894. The van der Waals surface area contributed by atoms with Crippen LogP contribution >= 0.6 is 0 Å². The van der Waals surface area contributed by atoms with E-state index in [-0.39, 0.29) is 17.5 Å². The molecule has 1 heterocycles. The number of hydrogen-bond acceptors (Lipinski definition) is 4. The first-order chi connectivity index (χ1) is 9.97. The van der Waals surface area contributed by atoms with Crippen LogP contribution in [0.1, 0.15) is 45.2 Å². The first-order valence-corrected chi connectivity index (χ1v) is 7.96. The number of nitrogens with zero attached hydrogens (tertiary/aromatic N) is 1. The molecule has 0 aliphatic carbocycles. The summed E-state index contributed by atoms with van der Waals surface area (Å²) in [4.78, 5) is 2.43. The maximum Gasteiger partial charge on any atom is 0.124 e. The molecule has 0 saturated carbocycles. The van der Waals surface area contributed by atoms with Gasteiger partial charge in [-0.1, -0.05) is 19.9 Å². The zero-order valence-electron chi connectivity index (χ0n) is 13.3. The average molecular weight is 292 g/mol. The minimum atomic E-state index is 0.112. The van der Waals surface area contributed by atoms with E-state index in [1.807, 2.05) is 6.07 Å². The molecule has 1 aliphatic rings. The monoisotopic (exact) mass is 292 g/mol. The molecule has 4 nitrogen and oxygen atoms in total. The zero-order valence-corrected chi connectivity index (χ0v) is 13.3. The fourth-order valence-electron chi connectivity index (χ4n) is 3.10. The van der Waals surface area contributed by atoms with Crippen molar-refractivity contribution >= 4 is 0 Å². The fourth-order valence-corrected chi connectivity index (χ4v) is 3.10. The summed E-state index contributed by atoms with van der Waals surface area (Å²) in [5, 5.41) is 23.0. The van der Waals surface area contributed by atoms with E-state index in [0.29, 0.717) is 12.0 Å². The van der Waals surface area contributed by atoms with Crippen LogP contribution in [0.25, 0.3) is 0 Å². The van der Waals surface area contributed by atoms with Crippen molar-refractivity contribution in [3.8, 4) is 11.5 Å². The number of benzene rings is 1. The molecule has 118 valence electrons. The highest BCUT2D eigenvalue weighted by Gasteiger charge is 2.25. The molecule has 2 unspecified atom stereocenters. The Morgan fingerprint density at radius 3 is 2.71 bits per heavy atom. The van der Waals surface area contributed by atoms with Crippen molar-refractivity contribution < 1.29 is 10.2 Å². The van der Waals surface area contributed by atoms with Gasteiger partial charge in [-0.15, -0.1) is 0 Å². The smallest absolute Gasteiger partial charge is 0.124 e. The van der Waals surface area contributed by atoms with Crippen LogP contribution in [-0.4, -0.2) is 40.8 Å². The highest BCUT2D eigenvalue weighted by atomic mass is 16.3. The van der Waals surface area contributed by atoms with Gasteiger partial charge in [0.25, 0.3) is 0 Å². The lowest BCUT2D eigenvalue weighted by molar-refractivity contribution is 0.128. The van der Waals surface area contributed by atoms with Crippen molar-refractivity contribution in [3.05, 3.63) is 23.8 Å². The molecule has 4 heteroatoms. The van der Waals surface area contributed by atoms with Gasteiger partial charge in [-0.2, -0.15) is 0 Å². The number of likely N-dealkylation sites (tertiary alicyclic amines) is 1. The zero-order chi connectivity index (χ0) is 15.4. The molecule has 0 radical (unpaired) electrons. The molecule has 1 fully saturated rings. The van der Waals surface area contributed by atoms with Gasteiger partial charge in [0.15, 0.2) is 0 Å². The molecule has 2 rings (SSSR count). The maximum absolute atomic E-state index is 10.0. The van der Waals surface area contributed by atoms with Crippen molar-refractivity contribution in [3.63, 3.8) is 0 Å². The van der Waals surface area contributed by atoms with Crippen LogP contribution in [0.2, 0.25) is 0 Å². The second-order valence-corrected chi connectivity index (χ2v) is 6.49. The minimum absolute atomic E-state index is 0.112. The number of phenolic OH excluding ortho intramolecular Hbond substituents is 2. The average Bonchev–Trinajstić information content (AvgIpc) is 2.45. The number of piperidine rings is 1. The topological polar surface area (TPSA) is 55.7 Å². The second kappa shape index (κ2) is 7.14. The summed E-state index contributed by atoms with van der Waals surface area (Å²) in [6, 6.07) is 5.60. The van der Waals surface area contributed by atoms with E-state index >= 15 is 0 Å². The predicted molar refractivity (Wildman–Crippen MR) is 85.6 cm³/mol. The van der Waals surface area contributed by atoms with Gasteiger partial charge in [-0.25, -0.2) is 0 Å². The van der Waals surface area contributed by atoms with Crippen LogP contribution in [0.3, 0.4) is 0 Å². The molecular weight excluding hydrogens is 264 g/mol. The Balaban J connectivity index is 1.99. The summed E-state index contributed by atoms with van der Waals surface area (Å²) in [6.45, 7) is 9.67. The van der Waals surface area contributed by atoms with Crippen molar-refractivity contribution in [2.45, 2.75) is 45.7 Å². The van der Waals surface area contributed by atoms with Gasteiger partial charge in [0.1, 0.15) is 11.5 Å². The first kappa shape index (κ1) is 16.1. The van der Waals surface area contributed by atoms with Crippen LogP contribution in [0.4, 0.5) is 0 Å². The summed E-state index contributed by atoms with van der Waals surface area (Å²) in [6.07, 6.45) is 2.47. The molecule has 0 aromatic heterocycles. The molecule has 1 aliphatic heterocycles. The molecule has 0 spiro atoms. The molecule has 2 atom stereocenters. The van der Waals surface area contributed by atoms with E-state index in [1.54, 1.807) is 6.07 Å². The minimum Gasteiger partial charge on any atom is -0.508 e.